The van der Waals surface area contributed by atoms with Crippen molar-refractivity contribution in [2.45, 2.75) is 30.2 Å². The molecule has 0 unspecified atom stereocenters. The molecule has 0 bridgehead atoms. The topological polar surface area (TPSA) is 128 Å². The quantitative estimate of drug-likeness (QED) is 0.290. The molecule has 10 heteroatoms. The smallest absolute Gasteiger partial charge is 0.269 e. The summed E-state index contributed by atoms with van der Waals surface area (Å²) in [7, 11) is -4.13. The van der Waals surface area contributed by atoms with E-state index in [1.54, 1.807) is 56.3 Å². The summed E-state index contributed by atoms with van der Waals surface area (Å²) >= 11 is 6.15. The highest BCUT2D eigenvalue weighted by Gasteiger charge is 2.30. The van der Waals surface area contributed by atoms with Gasteiger partial charge in [0.25, 0.3) is 5.91 Å². The zero-order chi connectivity index (χ0) is 26.0. The van der Waals surface area contributed by atoms with Crippen LogP contribution in [0.15, 0.2) is 70.5 Å². The normalized spacial score (nSPS) is 11.4. The maximum absolute atomic E-state index is 13.7. The number of fused-ring (bicyclic) bond motifs is 1. The second-order valence-electron chi connectivity index (χ2n) is 8.43. The van der Waals surface area contributed by atoms with Gasteiger partial charge in [-0.1, -0.05) is 35.9 Å². The molecule has 8 nitrogen and oxygen atoms in total. The molecule has 1 heterocycles. The monoisotopic (exact) mass is 525 g/mol. The summed E-state index contributed by atoms with van der Waals surface area (Å²) in [6.45, 7) is 3.25. The number of aromatic amines is 1. The van der Waals surface area contributed by atoms with Gasteiger partial charge >= 0.3 is 0 Å². The Morgan fingerprint density at radius 2 is 1.67 bits per heavy atom. The molecule has 0 spiro atoms. The van der Waals surface area contributed by atoms with Crippen LogP contribution in [0.2, 0.25) is 5.02 Å². The van der Waals surface area contributed by atoms with E-state index in [0.29, 0.717) is 16.1 Å². The van der Waals surface area contributed by atoms with Crippen LogP contribution in [0, 0.1) is 13.8 Å². The molecule has 0 saturated heterocycles. The number of aromatic nitrogens is 1. The number of aryl methyl sites for hydroxylation is 2. The Morgan fingerprint density at radius 3 is 2.36 bits per heavy atom. The number of carbonyl (C=O) groups is 2. The lowest BCUT2D eigenvalue weighted by Gasteiger charge is -2.10. The number of hydrogen-bond acceptors (Lipinski definition) is 5. The predicted molar refractivity (Wildman–Crippen MR) is 137 cm³/mol. The molecule has 4 rings (SSSR count). The summed E-state index contributed by atoms with van der Waals surface area (Å²) in [6.07, 6.45) is 0. The summed E-state index contributed by atoms with van der Waals surface area (Å²) in [6, 6.07) is 16.2. The Hall–Kier alpha value is -3.82. The van der Waals surface area contributed by atoms with E-state index in [1.165, 1.54) is 12.1 Å². The molecule has 1 aromatic heterocycles. The summed E-state index contributed by atoms with van der Waals surface area (Å²) in [5, 5.41) is 15.5. The zero-order valence-electron chi connectivity index (χ0n) is 19.6. The Labute approximate surface area is 213 Å². The number of sulfone groups is 1. The van der Waals surface area contributed by atoms with Gasteiger partial charge in [0.2, 0.25) is 15.7 Å². The highest BCUT2D eigenvalue weighted by molar-refractivity contribution is 7.91. The summed E-state index contributed by atoms with van der Waals surface area (Å²) in [5.74, 6) is -1.23. The van der Waals surface area contributed by atoms with Crippen molar-refractivity contribution in [3.05, 3.63) is 88.1 Å². The summed E-state index contributed by atoms with van der Waals surface area (Å²) < 4.78 is 27.5. The number of carbonyl (C=O) groups excluding carboxylic acids is 2. The third-order valence-corrected chi connectivity index (χ3v) is 7.64. The molecule has 3 aromatic carbocycles. The molecule has 4 N–H and O–H groups in total. The van der Waals surface area contributed by atoms with Crippen LogP contribution in [-0.4, -0.2) is 36.9 Å². The van der Waals surface area contributed by atoms with Gasteiger partial charge in [-0.25, -0.2) is 8.42 Å². The first kappa shape index (κ1) is 25.3. The molecule has 0 aliphatic carbocycles. The molecular formula is C26H24ClN3O5S. The van der Waals surface area contributed by atoms with Crippen molar-refractivity contribution < 1.29 is 23.1 Å². The number of rotatable bonds is 7. The van der Waals surface area contributed by atoms with Gasteiger partial charge in [0.1, 0.15) is 16.3 Å². The summed E-state index contributed by atoms with van der Waals surface area (Å²) in [5.41, 5.74) is 2.26. The fraction of sp³-hybridized carbons (Fsp3) is 0.154. The summed E-state index contributed by atoms with van der Waals surface area (Å²) in [4.78, 5) is 28.1. The van der Waals surface area contributed by atoms with E-state index in [4.69, 9.17) is 11.6 Å². The first-order valence-corrected chi connectivity index (χ1v) is 12.9. The highest BCUT2D eigenvalue weighted by atomic mass is 35.5. The van der Waals surface area contributed by atoms with Crippen molar-refractivity contribution in [3.8, 4) is 5.75 Å². The molecule has 0 saturated carbocycles. The number of benzene rings is 3. The van der Waals surface area contributed by atoms with Crippen LogP contribution in [0.4, 0.5) is 0 Å². The maximum atomic E-state index is 13.7. The van der Waals surface area contributed by atoms with Crippen molar-refractivity contribution in [3.63, 3.8) is 0 Å². The molecular weight excluding hydrogens is 502 g/mol. The van der Waals surface area contributed by atoms with Crippen LogP contribution >= 0.6 is 11.6 Å². The van der Waals surface area contributed by atoms with E-state index < -0.39 is 28.2 Å². The van der Waals surface area contributed by atoms with E-state index in [9.17, 15) is 23.1 Å². The van der Waals surface area contributed by atoms with Crippen molar-refractivity contribution >= 4 is 44.2 Å². The van der Waals surface area contributed by atoms with Crippen molar-refractivity contribution in [1.29, 1.82) is 0 Å². The molecule has 2 amide bonds. The number of nitrogens with one attached hydrogen (secondary N) is 3. The van der Waals surface area contributed by atoms with Crippen LogP contribution in [0.1, 0.15) is 27.2 Å². The minimum atomic E-state index is -4.13. The Bertz CT molecular complexity index is 1570. The van der Waals surface area contributed by atoms with Crippen LogP contribution in [0.5, 0.6) is 5.75 Å². The van der Waals surface area contributed by atoms with Gasteiger partial charge in [0, 0.05) is 28.0 Å². The molecule has 0 radical (unpaired) electrons. The average molecular weight is 526 g/mol. The molecule has 36 heavy (non-hydrogen) atoms. The predicted octanol–water partition coefficient (Wildman–Crippen LogP) is 4.02. The number of para-hydroxylation sites is 1. The lowest BCUT2D eigenvalue weighted by Crippen LogP contribution is -2.37. The van der Waals surface area contributed by atoms with Crippen molar-refractivity contribution in [1.82, 2.24) is 15.6 Å². The molecule has 0 aliphatic rings. The third kappa shape index (κ3) is 5.22. The lowest BCUT2D eigenvalue weighted by molar-refractivity contribution is -0.120. The molecule has 0 fully saturated rings. The average Bonchev–Trinajstić information content (AvgIpc) is 3.21. The fourth-order valence-electron chi connectivity index (χ4n) is 3.95. The zero-order valence-corrected chi connectivity index (χ0v) is 21.1. The van der Waals surface area contributed by atoms with E-state index in [0.717, 1.165) is 11.1 Å². The number of aromatic hydroxyl groups is 1. The van der Waals surface area contributed by atoms with E-state index in [1.807, 2.05) is 6.07 Å². The fourth-order valence-corrected chi connectivity index (χ4v) is 5.91. The third-order valence-electron chi connectivity index (χ3n) is 5.59. The highest BCUT2D eigenvalue weighted by Crippen LogP contribution is 2.34. The number of phenolic OH excluding ortho intramolecular Hbond substituents is 1. The first-order chi connectivity index (χ1) is 17.1. The van der Waals surface area contributed by atoms with Gasteiger partial charge in [-0.15, -0.1) is 0 Å². The lowest BCUT2D eigenvalue weighted by atomic mass is 10.2. The van der Waals surface area contributed by atoms with Gasteiger partial charge < -0.3 is 20.7 Å². The number of hydrogen-bond donors (Lipinski definition) is 4. The molecule has 0 atom stereocenters. The maximum Gasteiger partial charge on any atom is 0.269 e. The van der Waals surface area contributed by atoms with E-state index >= 15 is 0 Å². The SMILES string of the molecule is Cc1cc(C)cc(S(=O)(=O)c2c(C(=O)NCC(=O)NCc3ccccc3O)[nH]c3ccc(Cl)cc23)c1. The minimum Gasteiger partial charge on any atom is -0.508 e. The minimum absolute atomic E-state index is 0.0415. The van der Waals surface area contributed by atoms with Crippen LogP contribution in [-0.2, 0) is 21.2 Å². The molecule has 186 valence electrons. The number of phenols is 1. The Balaban J connectivity index is 1.63. The second-order valence-corrected chi connectivity index (χ2v) is 10.8. The van der Waals surface area contributed by atoms with Crippen molar-refractivity contribution in [2.24, 2.45) is 0 Å². The van der Waals surface area contributed by atoms with Gasteiger partial charge in [-0.3, -0.25) is 9.59 Å². The Morgan fingerprint density at radius 1 is 0.972 bits per heavy atom. The molecule has 0 aliphatic heterocycles. The second kappa shape index (κ2) is 10.0. The largest absolute Gasteiger partial charge is 0.508 e. The first-order valence-electron chi connectivity index (χ1n) is 11.0. The van der Waals surface area contributed by atoms with Gasteiger partial charge in [0.15, 0.2) is 0 Å². The van der Waals surface area contributed by atoms with Crippen molar-refractivity contribution in [2.75, 3.05) is 6.54 Å². The van der Waals surface area contributed by atoms with Crippen LogP contribution < -0.4 is 10.6 Å². The van der Waals surface area contributed by atoms with E-state index in [2.05, 4.69) is 15.6 Å². The number of amides is 2. The van der Waals surface area contributed by atoms with Gasteiger partial charge in [0.05, 0.1) is 11.4 Å². The van der Waals surface area contributed by atoms with Crippen LogP contribution in [0.3, 0.4) is 0 Å². The molecule has 4 aromatic rings. The number of halogens is 1. The van der Waals surface area contributed by atoms with E-state index in [-0.39, 0.29) is 33.2 Å². The standard InChI is InChI=1S/C26H24ClN3O5S/c1-15-9-16(2)11-19(10-15)36(34,35)25-20-12-18(27)7-8-21(20)30-24(25)26(33)29-14-23(32)28-13-17-5-3-4-6-22(17)31/h3-12,30-31H,13-14H2,1-2H3,(H,28,32)(H,29,33). The van der Waals surface area contributed by atoms with Gasteiger partial charge in [-0.2, -0.15) is 0 Å². The Kier molecular flexibility index (Phi) is 7.05. The number of H-pyrrole nitrogens is 1. The van der Waals surface area contributed by atoms with Crippen LogP contribution in [0.25, 0.3) is 10.9 Å². The van der Waals surface area contributed by atoms with Gasteiger partial charge in [-0.05, 0) is 61.4 Å².